The van der Waals surface area contributed by atoms with Gasteiger partial charge in [0.15, 0.2) is 5.16 Å². The Morgan fingerprint density at radius 2 is 1.72 bits per heavy atom. The molecule has 0 amide bonds. The van der Waals surface area contributed by atoms with Crippen LogP contribution < -0.4 is 0 Å². The van der Waals surface area contributed by atoms with Crippen LogP contribution in [0.2, 0.25) is 0 Å². The largest absolute Gasteiger partial charge is 0.231 e. The molecule has 0 saturated heterocycles. The van der Waals surface area contributed by atoms with Crippen LogP contribution in [0, 0.1) is 24.7 Å². The van der Waals surface area contributed by atoms with E-state index in [4.69, 9.17) is 0 Å². The number of thioether (sulfide) groups is 1. The molecule has 3 heteroatoms. The molecule has 18 heavy (non-hydrogen) atoms. The van der Waals surface area contributed by atoms with Crippen LogP contribution in [0.25, 0.3) is 0 Å². The van der Waals surface area contributed by atoms with Crippen LogP contribution in [0.15, 0.2) is 17.4 Å². The first-order valence-corrected chi connectivity index (χ1v) is 8.01. The Morgan fingerprint density at radius 3 is 2.28 bits per heavy atom. The maximum Gasteiger partial charge on any atom is 0.188 e. The lowest BCUT2D eigenvalue weighted by atomic mass is 9.56. The molecule has 1 heterocycles. The molecule has 0 radical (unpaired) electrons. The van der Waals surface area contributed by atoms with Crippen LogP contribution in [0.3, 0.4) is 0 Å². The van der Waals surface area contributed by atoms with Gasteiger partial charge < -0.3 is 0 Å². The highest BCUT2D eigenvalue weighted by atomic mass is 32.2. The fourth-order valence-electron chi connectivity index (χ4n) is 4.82. The number of nitrogens with zero attached hydrogens (tertiary/aromatic N) is 2. The summed E-state index contributed by atoms with van der Waals surface area (Å²) in [5.41, 5.74) is 1.09. The van der Waals surface area contributed by atoms with Crippen molar-refractivity contribution < 1.29 is 0 Å². The standard InChI is InChI=1S/C15H20N2S/c1-10-2-3-16-14(17-10)18-15-7-11-4-12(8-15)6-13(5-11)9-15/h2-3,11-13H,4-9H2,1H3. The topological polar surface area (TPSA) is 25.8 Å². The van der Waals surface area contributed by atoms with Crippen LogP contribution in [0.1, 0.15) is 44.2 Å². The summed E-state index contributed by atoms with van der Waals surface area (Å²) in [5, 5.41) is 1.01. The predicted molar refractivity (Wildman–Crippen MR) is 73.5 cm³/mol. The van der Waals surface area contributed by atoms with Crippen LogP contribution in [-0.4, -0.2) is 14.7 Å². The third-order valence-corrected chi connectivity index (χ3v) is 6.37. The maximum atomic E-state index is 4.60. The van der Waals surface area contributed by atoms with Gasteiger partial charge in [-0.05, 0) is 69.3 Å². The second-order valence-electron chi connectivity index (χ2n) is 6.68. The van der Waals surface area contributed by atoms with E-state index in [0.29, 0.717) is 4.75 Å². The molecule has 1 aromatic rings. The number of rotatable bonds is 2. The molecule has 0 aromatic carbocycles. The van der Waals surface area contributed by atoms with Crippen LogP contribution in [0.4, 0.5) is 0 Å². The van der Waals surface area contributed by atoms with E-state index in [9.17, 15) is 0 Å². The van der Waals surface area contributed by atoms with Crippen molar-refractivity contribution in [2.45, 2.75) is 55.4 Å². The van der Waals surface area contributed by atoms with E-state index >= 15 is 0 Å². The second-order valence-corrected chi connectivity index (χ2v) is 8.12. The van der Waals surface area contributed by atoms with Crippen LogP contribution >= 0.6 is 11.8 Å². The normalized spacial score (nSPS) is 41.3. The van der Waals surface area contributed by atoms with Crippen molar-refractivity contribution in [3.05, 3.63) is 18.0 Å². The molecule has 1 aromatic heterocycles. The Kier molecular flexibility index (Phi) is 2.48. The van der Waals surface area contributed by atoms with Gasteiger partial charge in [0.25, 0.3) is 0 Å². The van der Waals surface area contributed by atoms with Crippen molar-refractivity contribution >= 4 is 11.8 Å². The first-order chi connectivity index (χ1) is 8.71. The number of aromatic nitrogens is 2. The van der Waals surface area contributed by atoms with Gasteiger partial charge in [-0.25, -0.2) is 9.97 Å². The third kappa shape index (κ3) is 1.87. The second kappa shape index (κ2) is 3.96. The third-order valence-electron chi connectivity index (χ3n) is 5.06. The quantitative estimate of drug-likeness (QED) is 0.755. The molecule has 5 rings (SSSR count). The highest BCUT2D eigenvalue weighted by Gasteiger charge is 2.51. The Morgan fingerprint density at radius 1 is 1.11 bits per heavy atom. The van der Waals surface area contributed by atoms with Gasteiger partial charge >= 0.3 is 0 Å². The molecule has 4 saturated carbocycles. The summed E-state index contributed by atoms with van der Waals surface area (Å²) >= 11 is 1.99. The molecule has 0 unspecified atom stereocenters. The molecule has 0 atom stereocenters. The number of hydrogen-bond acceptors (Lipinski definition) is 3. The first-order valence-electron chi connectivity index (χ1n) is 7.19. The zero-order valence-electron chi connectivity index (χ0n) is 10.9. The molecule has 0 N–H and O–H groups in total. The van der Waals surface area contributed by atoms with E-state index in [1.807, 2.05) is 24.0 Å². The minimum Gasteiger partial charge on any atom is -0.231 e. The Bertz CT molecular complexity index is 436. The van der Waals surface area contributed by atoms with Crippen molar-refractivity contribution in [2.75, 3.05) is 0 Å². The van der Waals surface area contributed by atoms with Crippen molar-refractivity contribution in [2.24, 2.45) is 17.8 Å². The Labute approximate surface area is 113 Å². The molecule has 0 spiro atoms. The van der Waals surface area contributed by atoms with E-state index in [1.165, 1.54) is 38.5 Å². The van der Waals surface area contributed by atoms with E-state index in [2.05, 4.69) is 16.9 Å². The van der Waals surface area contributed by atoms with E-state index in [1.54, 1.807) is 0 Å². The summed E-state index contributed by atoms with van der Waals surface area (Å²) in [4.78, 5) is 9.07. The summed E-state index contributed by atoms with van der Waals surface area (Å²) in [6.07, 6.45) is 10.7. The monoisotopic (exact) mass is 260 g/mol. The van der Waals surface area contributed by atoms with Gasteiger partial charge in [0, 0.05) is 16.6 Å². The summed E-state index contributed by atoms with van der Waals surface area (Å²) in [6.45, 7) is 2.06. The number of aryl methyl sites for hydroxylation is 1. The molecular weight excluding hydrogens is 240 g/mol. The van der Waals surface area contributed by atoms with Crippen molar-refractivity contribution in [3.8, 4) is 0 Å². The average molecular weight is 260 g/mol. The van der Waals surface area contributed by atoms with Crippen LogP contribution in [-0.2, 0) is 0 Å². The Hall–Kier alpha value is -0.570. The molecule has 4 fully saturated rings. The smallest absolute Gasteiger partial charge is 0.188 e. The van der Waals surface area contributed by atoms with E-state index in [-0.39, 0.29) is 0 Å². The summed E-state index contributed by atoms with van der Waals surface area (Å²) < 4.78 is 0.489. The lowest BCUT2D eigenvalue weighted by molar-refractivity contribution is 0.0382. The highest BCUT2D eigenvalue weighted by Crippen LogP contribution is 2.61. The molecular formula is C15H20N2S. The van der Waals surface area contributed by atoms with Gasteiger partial charge in [0.2, 0.25) is 0 Å². The summed E-state index contributed by atoms with van der Waals surface area (Å²) in [5.74, 6) is 3.02. The van der Waals surface area contributed by atoms with Gasteiger partial charge in [-0.2, -0.15) is 0 Å². The lowest BCUT2D eigenvalue weighted by Crippen LogP contribution is -2.48. The Balaban J connectivity index is 1.60. The first kappa shape index (κ1) is 11.3. The average Bonchev–Trinajstić information content (AvgIpc) is 2.25. The maximum absolute atomic E-state index is 4.60. The van der Waals surface area contributed by atoms with Crippen molar-refractivity contribution in [1.82, 2.24) is 9.97 Å². The minimum absolute atomic E-state index is 0.489. The number of hydrogen-bond donors (Lipinski definition) is 0. The van der Waals surface area contributed by atoms with E-state index < -0.39 is 0 Å². The van der Waals surface area contributed by atoms with Gasteiger partial charge in [-0.1, -0.05) is 11.8 Å². The fraction of sp³-hybridized carbons (Fsp3) is 0.733. The van der Waals surface area contributed by atoms with Crippen molar-refractivity contribution in [3.63, 3.8) is 0 Å². The molecule has 4 aliphatic carbocycles. The highest BCUT2D eigenvalue weighted by molar-refractivity contribution is 8.00. The van der Waals surface area contributed by atoms with Crippen molar-refractivity contribution in [1.29, 1.82) is 0 Å². The van der Waals surface area contributed by atoms with Gasteiger partial charge in [-0.3, -0.25) is 0 Å². The van der Waals surface area contributed by atoms with Gasteiger partial charge in [-0.15, -0.1) is 0 Å². The van der Waals surface area contributed by atoms with Crippen LogP contribution in [0.5, 0.6) is 0 Å². The predicted octanol–water partition coefficient (Wildman–Crippen LogP) is 3.85. The molecule has 4 bridgehead atoms. The van der Waals surface area contributed by atoms with Gasteiger partial charge in [0.1, 0.15) is 0 Å². The molecule has 96 valence electrons. The zero-order chi connectivity index (χ0) is 12.2. The van der Waals surface area contributed by atoms with Gasteiger partial charge in [0.05, 0.1) is 0 Å². The zero-order valence-corrected chi connectivity index (χ0v) is 11.7. The molecule has 0 aliphatic heterocycles. The SMILES string of the molecule is Cc1ccnc(SC23CC4CC(CC(C4)C2)C3)n1. The summed E-state index contributed by atoms with van der Waals surface area (Å²) in [6, 6.07) is 1.99. The lowest BCUT2D eigenvalue weighted by Gasteiger charge is -2.56. The van der Waals surface area contributed by atoms with E-state index in [0.717, 1.165) is 28.6 Å². The molecule has 4 aliphatic rings. The minimum atomic E-state index is 0.489. The fourth-order valence-corrected chi connectivity index (χ4v) is 6.47. The summed E-state index contributed by atoms with van der Waals surface area (Å²) in [7, 11) is 0. The molecule has 2 nitrogen and oxygen atoms in total.